The third-order valence-electron chi connectivity index (χ3n) is 4.75. The van der Waals surface area contributed by atoms with Crippen molar-refractivity contribution >= 4 is 12.0 Å². The molecule has 7 nitrogen and oxygen atoms in total. The van der Waals surface area contributed by atoms with E-state index in [1.54, 1.807) is 4.90 Å². The number of likely N-dealkylation sites (tertiary alicyclic amines) is 1. The van der Waals surface area contributed by atoms with E-state index in [0.29, 0.717) is 19.4 Å². The van der Waals surface area contributed by atoms with Crippen LogP contribution in [0.5, 0.6) is 0 Å². The molecular formula is C17H30N2O5. The fourth-order valence-corrected chi connectivity index (χ4v) is 4.10. The lowest BCUT2D eigenvalue weighted by atomic mass is 9.82. The molecule has 0 aromatic rings. The molecule has 2 aliphatic rings. The molecule has 1 unspecified atom stereocenters. The van der Waals surface area contributed by atoms with Gasteiger partial charge in [-0.25, -0.2) is 4.79 Å². The first kappa shape index (κ1) is 19.0. The Labute approximate surface area is 143 Å². The Balaban J connectivity index is 2.06. The van der Waals surface area contributed by atoms with Crippen molar-refractivity contribution in [3.8, 4) is 0 Å². The van der Waals surface area contributed by atoms with E-state index in [1.807, 2.05) is 6.92 Å². The van der Waals surface area contributed by atoms with Gasteiger partial charge < -0.3 is 25.2 Å². The third-order valence-corrected chi connectivity index (χ3v) is 4.75. The molecule has 2 aliphatic heterocycles. The minimum absolute atomic E-state index is 0.116. The van der Waals surface area contributed by atoms with Gasteiger partial charge in [0.1, 0.15) is 12.1 Å². The Morgan fingerprint density at radius 3 is 2.62 bits per heavy atom. The molecule has 7 heteroatoms. The van der Waals surface area contributed by atoms with E-state index >= 15 is 0 Å². The summed E-state index contributed by atoms with van der Waals surface area (Å²) in [5, 5.41) is 21.5. The second-order valence-corrected chi connectivity index (χ2v) is 8.36. The van der Waals surface area contributed by atoms with Crippen LogP contribution in [-0.4, -0.2) is 64.6 Å². The van der Waals surface area contributed by atoms with E-state index < -0.39 is 18.2 Å². The number of carboxylic acid groups (broad SMARTS) is 1. The zero-order valence-electron chi connectivity index (χ0n) is 15.0. The van der Waals surface area contributed by atoms with Crippen LogP contribution in [0.15, 0.2) is 0 Å². The van der Waals surface area contributed by atoms with Crippen LogP contribution in [0, 0.1) is 11.3 Å². The van der Waals surface area contributed by atoms with Crippen LogP contribution in [-0.2, 0) is 9.53 Å². The van der Waals surface area contributed by atoms with Crippen molar-refractivity contribution in [1.29, 1.82) is 0 Å². The highest BCUT2D eigenvalue weighted by molar-refractivity contribution is 5.86. The van der Waals surface area contributed by atoms with Gasteiger partial charge in [0.05, 0.1) is 18.8 Å². The van der Waals surface area contributed by atoms with E-state index in [-0.39, 0.29) is 36.0 Å². The van der Waals surface area contributed by atoms with E-state index in [2.05, 4.69) is 26.1 Å². The predicted octanol–water partition coefficient (Wildman–Crippen LogP) is 1.45. The van der Waals surface area contributed by atoms with Crippen LogP contribution in [0.2, 0.25) is 0 Å². The number of nitrogens with one attached hydrogen (secondary N) is 1. The normalized spacial score (nSPS) is 29.2. The summed E-state index contributed by atoms with van der Waals surface area (Å²) in [5.41, 5.74) is 0.116. The van der Waals surface area contributed by atoms with Crippen LogP contribution in [0.1, 0.15) is 47.0 Å². The molecule has 0 aromatic carbocycles. The summed E-state index contributed by atoms with van der Waals surface area (Å²) >= 11 is 0. The maximum Gasteiger partial charge on any atom is 0.405 e. The molecule has 0 spiro atoms. The summed E-state index contributed by atoms with van der Waals surface area (Å²) in [6.45, 7) is 9.15. The summed E-state index contributed by atoms with van der Waals surface area (Å²) in [6, 6.07) is -1.14. The molecule has 0 aliphatic carbocycles. The van der Waals surface area contributed by atoms with E-state index in [1.165, 1.54) is 0 Å². The highest BCUT2D eigenvalue weighted by Crippen LogP contribution is 2.31. The van der Waals surface area contributed by atoms with Crippen molar-refractivity contribution in [2.45, 2.75) is 71.2 Å². The van der Waals surface area contributed by atoms with Gasteiger partial charge in [0.2, 0.25) is 5.91 Å². The number of aliphatic hydroxyl groups is 1. The Hall–Kier alpha value is -1.34. The number of rotatable bonds is 5. The van der Waals surface area contributed by atoms with Crippen LogP contribution in [0.3, 0.4) is 0 Å². The molecule has 24 heavy (non-hydrogen) atoms. The Morgan fingerprint density at radius 1 is 1.38 bits per heavy atom. The standard InChI is InChI=1S/C17H30N2O5/c1-10(8-17(2,3)4)7-11(18-16(22)23)15(21)19-6-5-13-14(19)12(20)9-24-13/h10-14,18,20H,5-9H2,1-4H3,(H,22,23)/t10-,11?,12-,13+,14+/m0/s1. The lowest BCUT2D eigenvalue weighted by Gasteiger charge is -2.31. The van der Waals surface area contributed by atoms with Crippen LogP contribution >= 0.6 is 0 Å². The van der Waals surface area contributed by atoms with Crippen molar-refractivity contribution in [2.24, 2.45) is 11.3 Å². The quantitative estimate of drug-likeness (QED) is 0.702. The summed E-state index contributed by atoms with van der Waals surface area (Å²) in [4.78, 5) is 25.6. The van der Waals surface area contributed by atoms with Gasteiger partial charge in [-0.2, -0.15) is 0 Å². The number of aliphatic hydroxyl groups excluding tert-OH is 1. The molecule has 2 saturated heterocycles. The number of carbonyl (C=O) groups excluding carboxylic acids is 1. The number of hydrogen-bond acceptors (Lipinski definition) is 4. The largest absolute Gasteiger partial charge is 0.465 e. The number of nitrogens with zero attached hydrogens (tertiary/aromatic N) is 1. The van der Waals surface area contributed by atoms with Crippen molar-refractivity contribution in [2.75, 3.05) is 13.2 Å². The second kappa shape index (κ2) is 7.27. The van der Waals surface area contributed by atoms with Crippen molar-refractivity contribution in [3.05, 3.63) is 0 Å². The number of ether oxygens (including phenoxy) is 1. The zero-order valence-corrected chi connectivity index (χ0v) is 15.0. The lowest BCUT2D eigenvalue weighted by molar-refractivity contribution is -0.136. The molecule has 3 N–H and O–H groups in total. The van der Waals surface area contributed by atoms with Gasteiger partial charge in [0.25, 0.3) is 0 Å². The molecule has 2 heterocycles. The Bertz CT molecular complexity index is 476. The van der Waals surface area contributed by atoms with Crippen molar-refractivity contribution in [3.63, 3.8) is 0 Å². The average Bonchev–Trinajstić information content (AvgIpc) is 2.98. The number of hydrogen-bond donors (Lipinski definition) is 3. The van der Waals surface area contributed by atoms with E-state index in [0.717, 1.165) is 6.42 Å². The Kier molecular flexibility index (Phi) is 5.75. The maximum absolute atomic E-state index is 12.9. The summed E-state index contributed by atoms with van der Waals surface area (Å²) in [7, 11) is 0. The molecule has 5 atom stereocenters. The molecule has 0 bridgehead atoms. The molecular weight excluding hydrogens is 312 g/mol. The molecule has 0 radical (unpaired) electrons. The molecule has 2 rings (SSSR count). The summed E-state index contributed by atoms with van der Waals surface area (Å²) < 4.78 is 5.50. The minimum atomic E-state index is -1.20. The van der Waals surface area contributed by atoms with Crippen LogP contribution in [0.4, 0.5) is 4.79 Å². The van der Waals surface area contributed by atoms with Crippen molar-refractivity contribution in [1.82, 2.24) is 10.2 Å². The van der Waals surface area contributed by atoms with E-state index in [9.17, 15) is 14.7 Å². The highest BCUT2D eigenvalue weighted by Gasteiger charge is 2.48. The molecule has 0 saturated carbocycles. The van der Waals surface area contributed by atoms with Crippen molar-refractivity contribution < 1.29 is 24.5 Å². The van der Waals surface area contributed by atoms with Gasteiger partial charge >= 0.3 is 6.09 Å². The smallest absolute Gasteiger partial charge is 0.405 e. The fourth-order valence-electron chi connectivity index (χ4n) is 4.10. The average molecular weight is 342 g/mol. The van der Waals surface area contributed by atoms with Crippen LogP contribution < -0.4 is 5.32 Å². The van der Waals surface area contributed by atoms with Gasteiger partial charge in [0.15, 0.2) is 0 Å². The van der Waals surface area contributed by atoms with Crippen LogP contribution in [0.25, 0.3) is 0 Å². The molecule has 0 aromatic heterocycles. The maximum atomic E-state index is 12.9. The van der Waals surface area contributed by atoms with Gasteiger partial charge in [-0.3, -0.25) is 4.79 Å². The second-order valence-electron chi connectivity index (χ2n) is 8.36. The first-order valence-electron chi connectivity index (χ1n) is 8.68. The predicted molar refractivity (Wildman–Crippen MR) is 88.7 cm³/mol. The monoisotopic (exact) mass is 342 g/mol. The number of carbonyl (C=O) groups is 2. The first-order chi connectivity index (χ1) is 11.1. The zero-order chi connectivity index (χ0) is 18.1. The number of fused-ring (bicyclic) bond motifs is 1. The number of amides is 2. The molecule has 138 valence electrons. The van der Waals surface area contributed by atoms with Gasteiger partial charge in [-0.1, -0.05) is 27.7 Å². The summed E-state index contributed by atoms with van der Waals surface area (Å²) in [6.07, 6.45) is 0.00380. The molecule has 2 amide bonds. The van der Waals surface area contributed by atoms with Gasteiger partial charge in [-0.05, 0) is 30.6 Å². The molecule has 2 fully saturated rings. The first-order valence-corrected chi connectivity index (χ1v) is 8.68. The van der Waals surface area contributed by atoms with Gasteiger partial charge in [0, 0.05) is 6.54 Å². The lowest BCUT2D eigenvalue weighted by Crippen LogP contribution is -2.53. The van der Waals surface area contributed by atoms with Gasteiger partial charge in [-0.15, -0.1) is 0 Å². The SMILES string of the molecule is C[C@@H](CC(NC(=O)O)C(=O)N1CC[C@H]2OC[C@H](O)[C@H]21)CC(C)(C)C. The Morgan fingerprint density at radius 2 is 2.04 bits per heavy atom. The third kappa shape index (κ3) is 4.60. The van der Waals surface area contributed by atoms with E-state index in [4.69, 9.17) is 9.84 Å². The minimum Gasteiger partial charge on any atom is -0.465 e. The topological polar surface area (TPSA) is 99.1 Å². The fraction of sp³-hybridized carbons (Fsp3) is 0.882. The summed E-state index contributed by atoms with van der Waals surface area (Å²) in [5.74, 6) is -0.0517. The highest BCUT2D eigenvalue weighted by atomic mass is 16.5.